The van der Waals surface area contributed by atoms with E-state index in [4.69, 9.17) is 5.73 Å². The summed E-state index contributed by atoms with van der Waals surface area (Å²) in [7, 11) is 1.97. The first-order valence-electron chi connectivity index (χ1n) is 8.32. The topological polar surface area (TPSA) is 84.5 Å². The molecule has 0 aromatic carbocycles. The Morgan fingerprint density at radius 1 is 1.39 bits per heavy atom. The summed E-state index contributed by atoms with van der Waals surface area (Å²) in [5, 5.41) is 4.19. The molecule has 7 heteroatoms. The van der Waals surface area contributed by atoms with Crippen molar-refractivity contribution in [1.29, 1.82) is 0 Å². The lowest BCUT2D eigenvalue weighted by molar-refractivity contribution is -0.130. The number of hydrogen-bond acceptors (Lipinski definition) is 4. The highest BCUT2D eigenvalue weighted by molar-refractivity contribution is 5.88. The van der Waals surface area contributed by atoms with Gasteiger partial charge in [0.2, 0.25) is 11.8 Å². The highest BCUT2D eigenvalue weighted by Crippen LogP contribution is 2.25. The summed E-state index contributed by atoms with van der Waals surface area (Å²) in [5.41, 5.74) is 6.58. The Balaban J connectivity index is 1.46. The van der Waals surface area contributed by atoms with Crippen LogP contribution in [0.5, 0.6) is 0 Å². The molecule has 0 radical (unpaired) electrons. The van der Waals surface area contributed by atoms with E-state index in [2.05, 4.69) is 16.1 Å². The molecule has 1 unspecified atom stereocenters. The van der Waals surface area contributed by atoms with Crippen LogP contribution in [0.15, 0.2) is 12.3 Å². The lowest BCUT2D eigenvalue weighted by Crippen LogP contribution is -2.46. The van der Waals surface area contributed by atoms with Gasteiger partial charge in [0.1, 0.15) is 0 Å². The average Bonchev–Trinajstić information content (AvgIpc) is 3.12. The Bertz CT molecular complexity index is 577. The van der Waals surface area contributed by atoms with Crippen LogP contribution >= 0.6 is 0 Å². The molecule has 0 bridgehead atoms. The zero-order valence-electron chi connectivity index (χ0n) is 13.6. The van der Waals surface area contributed by atoms with Crippen LogP contribution in [0.1, 0.15) is 25.0 Å². The third kappa shape index (κ3) is 3.55. The Morgan fingerprint density at radius 3 is 2.70 bits per heavy atom. The van der Waals surface area contributed by atoms with Crippen molar-refractivity contribution in [2.24, 2.45) is 18.7 Å². The Kier molecular flexibility index (Phi) is 4.66. The van der Waals surface area contributed by atoms with E-state index in [1.165, 1.54) is 5.69 Å². The fourth-order valence-corrected chi connectivity index (χ4v) is 3.65. The molecule has 2 saturated heterocycles. The van der Waals surface area contributed by atoms with Gasteiger partial charge in [-0.2, -0.15) is 5.10 Å². The summed E-state index contributed by atoms with van der Waals surface area (Å²) in [6.07, 6.45) is 5.06. The van der Waals surface area contributed by atoms with Gasteiger partial charge in [-0.3, -0.25) is 14.3 Å². The first-order chi connectivity index (χ1) is 11.0. The van der Waals surface area contributed by atoms with Crippen molar-refractivity contribution in [1.82, 2.24) is 19.6 Å². The summed E-state index contributed by atoms with van der Waals surface area (Å²) < 4.78 is 1.92. The summed E-state index contributed by atoms with van der Waals surface area (Å²) in [5.74, 6) is -0.568. The van der Waals surface area contributed by atoms with Gasteiger partial charge in [0, 0.05) is 64.0 Å². The van der Waals surface area contributed by atoms with Gasteiger partial charge in [-0.1, -0.05) is 0 Å². The van der Waals surface area contributed by atoms with Crippen LogP contribution < -0.4 is 5.73 Å². The van der Waals surface area contributed by atoms with Crippen LogP contribution in [-0.2, 0) is 23.1 Å². The SMILES string of the molecule is Cn1nccc1CCN1CCC(N2CC(C(N)=O)CC2=O)CC1. The molecule has 2 amide bonds. The fraction of sp³-hybridized carbons (Fsp3) is 0.688. The van der Waals surface area contributed by atoms with Crippen molar-refractivity contribution in [3.05, 3.63) is 18.0 Å². The van der Waals surface area contributed by atoms with E-state index < -0.39 is 0 Å². The Morgan fingerprint density at radius 2 is 2.13 bits per heavy atom. The molecule has 1 atom stereocenters. The van der Waals surface area contributed by atoms with Gasteiger partial charge in [-0.15, -0.1) is 0 Å². The first-order valence-corrected chi connectivity index (χ1v) is 8.32. The Hall–Kier alpha value is -1.89. The molecule has 1 aromatic rings. The van der Waals surface area contributed by atoms with Crippen LogP contribution in [0.25, 0.3) is 0 Å². The minimum atomic E-state index is -0.352. The van der Waals surface area contributed by atoms with Gasteiger partial charge in [0.25, 0.3) is 0 Å². The highest BCUT2D eigenvalue weighted by atomic mass is 16.2. The van der Waals surface area contributed by atoms with Crippen LogP contribution in [-0.4, -0.2) is 63.6 Å². The van der Waals surface area contributed by atoms with Crippen LogP contribution in [0.4, 0.5) is 0 Å². The fourth-order valence-electron chi connectivity index (χ4n) is 3.65. The first kappa shape index (κ1) is 16.0. The summed E-state index contributed by atoms with van der Waals surface area (Å²) in [4.78, 5) is 27.7. The number of aromatic nitrogens is 2. The minimum absolute atomic E-state index is 0.0853. The van der Waals surface area contributed by atoms with Gasteiger partial charge in [0.05, 0.1) is 5.92 Å². The van der Waals surface area contributed by atoms with E-state index in [0.29, 0.717) is 6.54 Å². The standard InChI is InChI=1S/C16H25N5O2/c1-19-13(2-6-18-19)3-7-20-8-4-14(5-9-20)21-11-12(16(17)23)10-15(21)22/h2,6,12,14H,3-5,7-11H2,1H3,(H2,17,23). The molecule has 2 fully saturated rings. The number of nitrogens with two attached hydrogens (primary N) is 1. The van der Waals surface area contributed by atoms with Crippen molar-refractivity contribution < 1.29 is 9.59 Å². The van der Waals surface area contributed by atoms with Gasteiger partial charge < -0.3 is 15.5 Å². The number of amides is 2. The predicted molar refractivity (Wildman–Crippen MR) is 85.4 cm³/mol. The number of carbonyl (C=O) groups is 2. The van der Waals surface area contributed by atoms with Crippen molar-refractivity contribution in [2.75, 3.05) is 26.2 Å². The largest absolute Gasteiger partial charge is 0.369 e. The predicted octanol–water partition coefficient (Wildman–Crippen LogP) is -0.239. The summed E-state index contributed by atoms with van der Waals surface area (Å²) in [6, 6.07) is 2.32. The van der Waals surface area contributed by atoms with E-state index in [1.54, 1.807) is 0 Å². The summed E-state index contributed by atoms with van der Waals surface area (Å²) in [6.45, 7) is 3.51. The zero-order chi connectivity index (χ0) is 16.4. The Labute approximate surface area is 136 Å². The molecule has 0 saturated carbocycles. The van der Waals surface area contributed by atoms with E-state index >= 15 is 0 Å². The molecule has 7 nitrogen and oxygen atoms in total. The normalized spacial score (nSPS) is 23.6. The maximum absolute atomic E-state index is 12.1. The third-order valence-electron chi connectivity index (χ3n) is 5.17. The van der Waals surface area contributed by atoms with E-state index in [9.17, 15) is 9.59 Å². The number of likely N-dealkylation sites (tertiary alicyclic amines) is 2. The van der Waals surface area contributed by atoms with Crippen molar-refractivity contribution in [3.8, 4) is 0 Å². The molecular weight excluding hydrogens is 294 g/mol. The molecule has 0 spiro atoms. The second-order valence-electron chi connectivity index (χ2n) is 6.62. The lowest BCUT2D eigenvalue weighted by Gasteiger charge is -2.36. The van der Waals surface area contributed by atoms with E-state index in [0.717, 1.165) is 38.9 Å². The quantitative estimate of drug-likeness (QED) is 0.812. The highest BCUT2D eigenvalue weighted by Gasteiger charge is 2.37. The molecule has 2 aliphatic rings. The molecule has 126 valence electrons. The number of rotatable bonds is 5. The average molecular weight is 319 g/mol. The van der Waals surface area contributed by atoms with E-state index in [1.807, 2.05) is 22.8 Å². The molecule has 2 N–H and O–H groups in total. The van der Waals surface area contributed by atoms with Crippen LogP contribution in [0.3, 0.4) is 0 Å². The van der Waals surface area contributed by atoms with Crippen LogP contribution in [0.2, 0.25) is 0 Å². The number of hydrogen-bond donors (Lipinski definition) is 1. The molecule has 2 aliphatic heterocycles. The number of piperidine rings is 1. The number of primary amides is 1. The van der Waals surface area contributed by atoms with Gasteiger partial charge >= 0.3 is 0 Å². The minimum Gasteiger partial charge on any atom is -0.369 e. The maximum atomic E-state index is 12.1. The second kappa shape index (κ2) is 6.70. The van der Waals surface area contributed by atoms with Gasteiger partial charge in [0.15, 0.2) is 0 Å². The summed E-state index contributed by atoms with van der Waals surface area (Å²) >= 11 is 0. The van der Waals surface area contributed by atoms with Crippen molar-refractivity contribution in [2.45, 2.75) is 31.7 Å². The molecule has 23 heavy (non-hydrogen) atoms. The molecule has 3 heterocycles. The molecule has 3 rings (SSSR count). The number of carbonyl (C=O) groups excluding carboxylic acids is 2. The van der Waals surface area contributed by atoms with E-state index in [-0.39, 0.29) is 30.2 Å². The monoisotopic (exact) mass is 319 g/mol. The lowest BCUT2D eigenvalue weighted by atomic mass is 10.0. The third-order valence-corrected chi connectivity index (χ3v) is 5.17. The van der Waals surface area contributed by atoms with Crippen LogP contribution in [0, 0.1) is 5.92 Å². The molecular formula is C16H25N5O2. The number of nitrogens with zero attached hydrogens (tertiary/aromatic N) is 4. The smallest absolute Gasteiger partial charge is 0.223 e. The maximum Gasteiger partial charge on any atom is 0.223 e. The van der Waals surface area contributed by atoms with Crippen molar-refractivity contribution in [3.63, 3.8) is 0 Å². The van der Waals surface area contributed by atoms with Gasteiger partial charge in [-0.05, 0) is 18.9 Å². The molecule has 1 aromatic heterocycles. The van der Waals surface area contributed by atoms with Crippen molar-refractivity contribution >= 4 is 11.8 Å². The molecule has 0 aliphatic carbocycles. The zero-order valence-corrected chi connectivity index (χ0v) is 13.6. The second-order valence-corrected chi connectivity index (χ2v) is 6.62. The van der Waals surface area contributed by atoms with Gasteiger partial charge in [-0.25, -0.2) is 0 Å². The number of aryl methyl sites for hydroxylation is 1.